The van der Waals surface area contributed by atoms with Crippen LogP contribution in [0.25, 0.3) is 0 Å². The van der Waals surface area contributed by atoms with Gasteiger partial charge in [0.2, 0.25) is 0 Å². The second kappa shape index (κ2) is 7.93. The summed E-state index contributed by atoms with van der Waals surface area (Å²) in [5.74, 6) is -0.240. The summed E-state index contributed by atoms with van der Waals surface area (Å²) in [4.78, 5) is 27.9. The van der Waals surface area contributed by atoms with Gasteiger partial charge in [-0.15, -0.1) is 0 Å². The lowest BCUT2D eigenvalue weighted by Gasteiger charge is -2.14. The van der Waals surface area contributed by atoms with Crippen LogP contribution in [0.5, 0.6) is 0 Å². The second-order valence-electron chi connectivity index (χ2n) is 4.88. The molecule has 120 valence electrons. The van der Waals surface area contributed by atoms with Crippen LogP contribution in [-0.4, -0.2) is 23.6 Å². The molecule has 2 amide bonds. The van der Waals surface area contributed by atoms with Crippen molar-refractivity contribution in [1.29, 1.82) is 0 Å². The van der Waals surface area contributed by atoms with Crippen molar-refractivity contribution >= 4 is 17.7 Å². The van der Waals surface area contributed by atoms with Crippen LogP contribution in [0, 0.1) is 0 Å². The molecule has 6 nitrogen and oxygen atoms in total. The van der Waals surface area contributed by atoms with E-state index in [-0.39, 0.29) is 18.6 Å². The van der Waals surface area contributed by atoms with Crippen LogP contribution < -0.4 is 10.6 Å². The van der Waals surface area contributed by atoms with E-state index in [4.69, 9.17) is 4.74 Å². The summed E-state index contributed by atoms with van der Waals surface area (Å²) in [5.41, 5.74) is 1.73. The number of carbonyl (C=O) groups is 2. The number of pyridine rings is 1. The van der Waals surface area contributed by atoms with Crippen LogP contribution in [0.3, 0.4) is 0 Å². The first-order chi connectivity index (χ1) is 11.1. The van der Waals surface area contributed by atoms with Gasteiger partial charge in [-0.25, -0.2) is 4.79 Å². The van der Waals surface area contributed by atoms with Crippen molar-refractivity contribution in [2.75, 3.05) is 11.9 Å². The Morgan fingerprint density at radius 1 is 1.22 bits per heavy atom. The van der Waals surface area contributed by atoms with E-state index in [9.17, 15) is 9.59 Å². The van der Waals surface area contributed by atoms with Crippen LogP contribution >= 0.6 is 0 Å². The fourth-order valence-electron chi connectivity index (χ4n) is 2.01. The zero-order valence-corrected chi connectivity index (χ0v) is 13.1. The minimum Gasteiger partial charge on any atom is -0.450 e. The van der Waals surface area contributed by atoms with Gasteiger partial charge in [0.05, 0.1) is 18.3 Å². The van der Waals surface area contributed by atoms with Gasteiger partial charge in [0.25, 0.3) is 5.91 Å². The number of nitrogens with zero attached hydrogens (tertiary/aromatic N) is 1. The van der Waals surface area contributed by atoms with Gasteiger partial charge in [0, 0.05) is 17.4 Å². The SMILES string of the molecule is CCOC(=O)Nc1cccc(C(=O)NC(C)c2ccccn2)c1. The fourth-order valence-corrected chi connectivity index (χ4v) is 2.01. The highest BCUT2D eigenvalue weighted by molar-refractivity contribution is 5.96. The number of hydrogen-bond acceptors (Lipinski definition) is 4. The van der Waals surface area contributed by atoms with Crippen LogP contribution in [-0.2, 0) is 4.74 Å². The maximum atomic E-state index is 12.3. The Hall–Kier alpha value is -2.89. The van der Waals surface area contributed by atoms with Crippen molar-refractivity contribution in [3.8, 4) is 0 Å². The highest BCUT2D eigenvalue weighted by atomic mass is 16.5. The molecule has 0 aliphatic carbocycles. The Morgan fingerprint density at radius 3 is 2.74 bits per heavy atom. The number of benzene rings is 1. The summed E-state index contributed by atoms with van der Waals surface area (Å²) >= 11 is 0. The Bertz CT molecular complexity index is 674. The summed E-state index contributed by atoms with van der Waals surface area (Å²) in [6.45, 7) is 3.87. The smallest absolute Gasteiger partial charge is 0.411 e. The molecule has 0 radical (unpaired) electrons. The van der Waals surface area contributed by atoms with Gasteiger partial charge in [0.1, 0.15) is 0 Å². The van der Waals surface area contributed by atoms with Crippen LogP contribution in [0.2, 0.25) is 0 Å². The molecule has 1 heterocycles. The number of nitrogens with one attached hydrogen (secondary N) is 2. The van der Waals surface area contributed by atoms with Crippen molar-refractivity contribution in [3.63, 3.8) is 0 Å². The van der Waals surface area contributed by atoms with E-state index in [1.165, 1.54) is 0 Å². The summed E-state index contributed by atoms with van der Waals surface area (Å²) in [7, 11) is 0. The summed E-state index contributed by atoms with van der Waals surface area (Å²) in [6.07, 6.45) is 1.13. The van der Waals surface area contributed by atoms with Crippen LogP contribution in [0.15, 0.2) is 48.7 Å². The number of rotatable bonds is 5. The number of aromatic nitrogens is 1. The lowest BCUT2D eigenvalue weighted by Crippen LogP contribution is -2.27. The average molecular weight is 313 g/mol. The minimum absolute atomic E-state index is 0.217. The van der Waals surface area contributed by atoms with Crippen molar-refractivity contribution in [2.45, 2.75) is 19.9 Å². The maximum Gasteiger partial charge on any atom is 0.411 e. The molecule has 1 aromatic carbocycles. The maximum absolute atomic E-state index is 12.3. The van der Waals surface area contributed by atoms with Gasteiger partial charge >= 0.3 is 6.09 Å². The van der Waals surface area contributed by atoms with E-state index in [1.807, 2.05) is 25.1 Å². The monoisotopic (exact) mass is 313 g/mol. The molecule has 1 aromatic heterocycles. The largest absolute Gasteiger partial charge is 0.450 e. The van der Waals surface area contributed by atoms with Gasteiger partial charge in [-0.3, -0.25) is 15.1 Å². The number of anilines is 1. The molecular weight excluding hydrogens is 294 g/mol. The highest BCUT2D eigenvalue weighted by Gasteiger charge is 2.13. The zero-order chi connectivity index (χ0) is 16.7. The predicted octanol–water partition coefficient (Wildman–Crippen LogP) is 3.14. The van der Waals surface area contributed by atoms with Crippen molar-refractivity contribution in [2.24, 2.45) is 0 Å². The van der Waals surface area contributed by atoms with Crippen molar-refractivity contribution < 1.29 is 14.3 Å². The molecule has 1 unspecified atom stereocenters. The predicted molar refractivity (Wildman–Crippen MR) is 87.2 cm³/mol. The molecule has 23 heavy (non-hydrogen) atoms. The van der Waals surface area contributed by atoms with Crippen LogP contribution in [0.4, 0.5) is 10.5 Å². The van der Waals surface area contributed by atoms with Gasteiger partial charge in [-0.05, 0) is 44.2 Å². The number of amides is 2. The van der Waals surface area contributed by atoms with E-state index in [0.717, 1.165) is 5.69 Å². The molecule has 6 heteroatoms. The number of carbonyl (C=O) groups excluding carboxylic acids is 2. The molecule has 2 rings (SSSR count). The molecule has 2 N–H and O–H groups in total. The molecule has 0 bridgehead atoms. The first kappa shape index (κ1) is 16.5. The normalized spacial score (nSPS) is 11.4. The molecule has 2 aromatic rings. The lowest BCUT2D eigenvalue weighted by atomic mass is 10.1. The number of hydrogen-bond donors (Lipinski definition) is 2. The Kier molecular flexibility index (Phi) is 5.68. The first-order valence-electron chi connectivity index (χ1n) is 7.35. The van der Waals surface area contributed by atoms with Gasteiger partial charge < -0.3 is 10.1 Å². The van der Waals surface area contributed by atoms with Crippen molar-refractivity contribution in [3.05, 3.63) is 59.9 Å². The third kappa shape index (κ3) is 4.81. The molecule has 0 fully saturated rings. The Morgan fingerprint density at radius 2 is 2.04 bits per heavy atom. The third-order valence-electron chi connectivity index (χ3n) is 3.13. The van der Waals surface area contributed by atoms with Gasteiger partial charge in [0.15, 0.2) is 0 Å². The van der Waals surface area contributed by atoms with E-state index < -0.39 is 6.09 Å². The molecule has 0 saturated heterocycles. The second-order valence-corrected chi connectivity index (χ2v) is 4.88. The van der Waals surface area contributed by atoms with E-state index in [1.54, 1.807) is 37.4 Å². The van der Waals surface area contributed by atoms with Crippen molar-refractivity contribution in [1.82, 2.24) is 10.3 Å². The summed E-state index contributed by atoms with van der Waals surface area (Å²) < 4.78 is 4.81. The molecular formula is C17H19N3O3. The molecule has 0 saturated carbocycles. The van der Waals surface area contributed by atoms with Gasteiger partial charge in [-0.2, -0.15) is 0 Å². The summed E-state index contributed by atoms with van der Waals surface area (Å²) in [5, 5.41) is 5.44. The van der Waals surface area contributed by atoms with Crippen LogP contribution in [0.1, 0.15) is 35.9 Å². The number of ether oxygens (including phenoxy) is 1. The Balaban J connectivity index is 2.03. The fraction of sp³-hybridized carbons (Fsp3) is 0.235. The van der Waals surface area contributed by atoms with E-state index in [2.05, 4.69) is 15.6 Å². The molecule has 1 atom stereocenters. The molecule has 0 spiro atoms. The Labute approximate surface area is 134 Å². The van der Waals surface area contributed by atoms with E-state index >= 15 is 0 Å². The summed E-state index contributed by atoms with van der Waals surface area (Å²) in [6, 6.07) is 12.0. The van der Waals surface area contributed by atoms with E-state index in [0.29, 0.717) is 11.3 Å². The lowest BCUT2D eigenvalue weighted by molar-refractivity contribution is 0.0939. The molecule has 0 aliphatic rings. The molecule has 0 aliphatic heterocycles. The highest BCUT2D eigenvalue weighted by Crippen LogP contribution is 2.13. The standard InChI is InChI=1S/C17H19N3O3/c1-3-23-17(22)20-14-8-6-7-13(11-14)16(21)19-12(2)15-9-4-5-10-18-15/h4-12H,3H2,1-2H3,(H,19,21)(H,20,22). The minimum atomic E-state index is -0.549. The van der Waals surface area contributed by atoms with Gasteiger partial charge in [-0.1, -0.05) is 12.1 Å². The first-order valence-corrected chi connectivity index (χ1v) is 7.35. The average Bonchev–Trinajstić information content (AvgIpc) is 2.56. The third-order valence-corrected chi connectivity index (χ3v) is 3.13. The zero-order valence-electron chi connectivity index (χ0n) is 13.1. The quantitative estimate of drug-likeness (QED) is 0.888. The topological polar surface area (TPSA) is 80.3 Å².